The maximum atomic E-state index is 5.97. The highest BCUT2D eigenvalue weighted by molar-refractivity contribution is 6.30. The van der Waals surface area contributed by atoms with Gasteiger partial charge < -0.3 is 5.32 Å². The summed E-state index contributed by atoms with van der Waals surface area (Å²) in [5, 5.41) is 4.52. The fourth-order valence-corrected chi connectivity index (χ4v) is 2.60. The zero-order valence-corrected chi connectivity index (χ0v) is 12.9. The molecule has 2 unspecified atom stereocenters. The van der Waals surface area contributed by atoms with E-state index >= 15 is 0 Å². The number of benzene rings is 2. The van der Waals surface area contributed by atoms with Crippen LogP contribution < -0.4 is 5.32 Å². The van der Waals surface area contributed by atoms with Gasteiger partial charge >= 0.3 is 0 Å². The molecule has 0 spiro atoms. The van der Waals surface area contributed by atoms with Crippen molar-refractivity contribution < 1.29 is 0 Å². The molecule has 106 valence electrons. The molecule has 1 nitrogen and oxygen atoms in total. The monoisotopic (exact) mass is 287 g/mol. The first-order chi connectivity index (χ1) is 9.70. The third-order valence-electron chi connectivity index (χ3n) is 3.60. The molecule has 0 saturated heterocycles. The van der Waals surface area contributed by atoms with Crippen LogP contribution in [0.4, 0.5) is 0 Å². The average Bonchev–Trinajstić information content (AvgIpc) is 2.48. The topological polar surface area (TPSA) is 12.0 Å². The van der Waals surface area contributed by atoms with Crippen molar-refractivity contribution in [3.05, 3.63) is 70.7 Å². The number of hydrogen-bond donors (Lipinski definition) is 1. The second-order valence-electron chi connectivity index (χ2n) is 5.19. The molecule has 0 aromatic heterocycles. The van der Waals surface area contributed by atoms with Gasteiger partial charge in [-0.05, 0) is 36.6 Å². The molecule has 1 N–H and O–H groups in total. The molecule has 2 aromatic rings. The lowest BCUT2D eigenvalue weighted by Crippen LogP contribution is -2.24. The van der Waals surface area contributed by atoms with E-state index in [0.717, 1.165) is 17.9 Å². The number of nitrogens with one attached hydrogen (secondary N) is 1. The van der Waals surface area contributed by atoms with E-state index in [1.807, 2.05) is 12.1 Å². The molecule has 0 aliphatic carbocycles. The summed E-state index contributed by atoms with van der Waals surface area (Å²) in [6.45, 7) is 4.44. The van der Waals surface area contributed by atoms with E-state index in [1.165, 1.54) is 11.1 Å². The van der Waals surface area contributed by atoms with Crippen LogP contribution in [0.15, 0.2) is 54.6 Å². The van der Waals surface area contributed by atoms with E-state index in [0.29, 0.717) is 12.1 Å². The lowest BCUT2D eigenvalue weighted by molar-refractivity contribution is 0.439. The Kier molecular flexibility index (Phi) is 5.63. The lowest BCUT2D eigenvalue weighted by atomic mass is 9.99. The van der Waals surface area contributed by atoms with Crippen molar-refractivity contribution in [2.75, 3.05) is 0 Å². The molecular weight excluding hydrogens is 266 g/mol. The maximum Gasteiger partial charge on any atom is 0.0406 e. The highest BCUT2D eigenvalue weighted by Crippen LogP contribution is 2.24. The van der Waals surface area contributed by atoms with Gasteiger partial charge in [0.05, 0.1) is 0 Å². The molecular formula is C18H22ClN. The lowest BCUT2D eigenvalue weighted by Gasteiger charge is -2.24. The minimum atomic E-state index is 0.337. The Morgan fingerprint density at radius 2 is 1.60 bits per heavy atom. The quantitative estimate of drug-likeness (QED) is 0.736. The van der Waals surface area contributed by atoms with Crippen LogP contribution in [-0.2, 0) is 0 Å². The highest BCUT2D eigenvalue weighted by atomic mass is 35.5. The molecule has 2 rings (SSSR count). The van der Waals surface area contributed by atoms with Crippen molar-refractivity contribution in [3.8, 4) is 0 Å². The van der Waals surface area contributed by atoms with Crippen LogP contribution in [-0.4, -0.2) is 0 Å². The van der Waals surface area contributed by atoms with Crippen LogP contribution in [0.2, 0.25) is 5.02 Å². The Hall–Kier alpha value is -1.31. The van der Waals surface area contributed by atoms with Gasteiger partial charge in [0, 0.05) is 17.1 Å². The minimum absolute atomic E-state index is 0.337. The SMILES string of the molecule is CCCC(NC(C)c1ccccc1)c1ccc(Cl)cc1. The molecule has 2 aromatic carbocycles. The summed E-state index contributed by atoms with van der Waals surface area (Å²) in [5.41, 5.74) is 2.63. The Morgan fingerprint density at radius 1 is 0.950 bits per heavy atom. The largest absolute Gasteiger partial charge is 0.303 e. The first-order valence-corrected chi connectivity index (χ1v) is 7.65. The van der Waals surface area contributed by atoms with Gasteiger partial charge in [-0.2, -0.15) is 0 Å². The maximum absolute atomic E-state index is 5.97. The summed E-state index contributed by atoms with van der Waals surface area (Å²) in [5.74, 6) is 0. The van der Waals surface area contributed by atoms with Gasteiger partial charge in [-0.1, -0.05) is 67.4 Å². The van der Waals surface area contributed by atoms with E-state index in [9.17, 15) is 0 Å². The van der Waals surface area contributed by atoms with Gasteiger partial charge in [0.25, 0.3) is 0 Å². The van der Waals surface area contributed by atoms with Crippen LogP contribution in [0.1, 0.15) is 49.9 Å². The molecule has 0 saturated carbocycles. The smallest absolute Gasteiger partial charge is 0.0406 e. The van der Waals surface area contributed by atoms with E-state index in [4.69, 9.17) is 11.6 Å². The zero-order valence-electron chi connectivity index (χ0n) is 12.1. The van der Waals surface area contributed by atoms with Crippen molar-refractivity contribution in [1.29, 1.82) is 0 Å². The number of rotatable bonds is 6. The molecule has 0 bridgehead atoms. The van der Waals surface area contributed by atoms with Crippen LogP contribution in [0.5, 0.6) is 0 Å². The first kappa shape index (κ1) is 15.1. The van der Waals surface area contributed by atoms with Crippen molar-refractivity contribution in [3.63, 3.8) is 0 Å². The highest BCUT2D eigenvalue weighted by Gasteiger charge is 2.14. The van der Waals surface area contributed by atoms with Gasteiger partial charge in [0.2, 0.25) is 0 Å². The Morgan fingerprint density at radius 3 is 2.20 bits per heavy atom. The molecule has 0 heterocycles. The van der Waals surface area contributed by atoms with E-state index in [2.05, 4.69) is 61.6 Å². The normalized spacial score (nSPS) is 13.9. The third-order valence-corrected chi connectivity index (χ3v) is 3.85. The van der Waals surface area contributed by atoms with Crippen LogP contribution in [0.25, 0.3) is 0 Å². The second-order valence-corrected chi connectivity index (χ2v) is 5.63. The molecule has 0 fully saturated rings. The summed E-state index contributed by atoms with van der Waals surface area (Å²) in [7, 11) is 0. The summed E-state index contributed by atoms with van der Waals surface area (Å²) in [6.07, 6.45) is 2.28. The first-order valence-electron chi connectivity index (χ1n) is 7.27. The molecule has 0 radical (unpaired) electrons. The van der Waals surface area contributed by atoms with Crippen molar-refractivity contribution >= 4 is 11.6 Å². The van der Waals surface area contributed by atoms with Crippen LogP contribution in [0.3, 0.4) is 0 Å². The summed E-state index contributed by atoms with van der Waals surface area (Å²) < 4.78 is 0. The molecule has 20 heavy (non-hydrogen) atoms. The van der Waals surface area contributed by atoms with Crippen molar-refractivity contribution in [2.45, 2.75) is 38.8 Å². The summed E-state index contributed by atoms with van der Waals surface area (Å²) >= 11 is 5.97. The number of hydrogen-bond acceptors (Lipinski definition) is 1. The number of halogens is 1. The second kappa shape index (κ2) is 7.47. The summed E-state index contributed by atoms with van der Waals surface area (Å²) in [6, 6.07) is 19.4. The average molecular weight is 288 g/mol. The van der Waals surface area contributed by atoms with Gasteiger partial charge in [0.1, 0.15) is 0 Å². The standard InChI is InChI=1S/C18H22ClN/c1-3-7-18(16-10-12-17(19)13-11-16)20-14(2)15-8-5-4-6-9-15/h4-6,8-14,18,20H,3,7H2,1-2H3. The van der Waals surface area contributed by atoms with Gasteiger partial charge in [-0.25, -0.2) is 0 Å². The Bertz CT molecular complexity index is 507. The molecule has 0 aliphatic heterocycles. The predicted molar refractivity (Wildman–Crippen MR) is 87.1 cm³/mol. The van der Waals surface area contributed by atoms with Gasteiger partial charge in [0.15, 0.2) is 0 Å². The van der Waals surface area contributed by atoms with Crippen molar-refractivity contribution in [1.82, 2.24) is 5.32 Å². The molecule has 0 aliphatic rings. The van der Waals surface area contributed by atoms with Crippen molar-refractivity contribution in [2.24, 2.45) is 0 Å². The minimum Gasteiger partial charge on any atom is -0.303 e. The van der Waals surface area contributed by atoms with Crippen LogP contribution >= 0.6 is 11.6 Å². The molecule has 2 atom stereocenters. The Labute approximate surface area is 127 Å². The van der Waals surface area contributed by atoms with Gasteiger partial charge in [-0.15, -0.1) is 0 Å². The van der Waals surface area contributed by atoms with E-state index in [1.54, 1.807) is 0 Å². The van der Waals surface area contributed by atoms with E-state index < -0.39 is 0 Å². The third kappa shape index (κ3) is 4.09. The zero-order chi connectivity index (χ0) is 14.4. The van der Waals surface area contributed by atoms with Gasteiger partial charge in [-0.3, -0.25) is 0 Å². The molecule has 2 heteroatoms. The van der Waals surface area contributed by atoms with Crippen LogP contribution in [0, 0.1) is 0 Å². The van der Waals surface area contributed by atoms with E-state index in [-0.39, 0.29) is 0 Å². The predicted octanol–water partition coefficient (Wildman–Crippen LogP) is 5.53. The summed E-state index contributed by atoms with van der Waals surface area (Å²) in [4.78, 5) is 0. The fourth-order valence-electron chi connectivity index (χ4n) is 2.47. The Balaban J connectivity index is 2.11. The molecule has 0 amide bonds. The fraction of sp³-hybridized carbons (Fsp3) is 0.333.